The summed E-state index contributed by atoms with van der Waals surface area (Å²) in [7, 11) is 0. The molecule has 1 saturated carbocycles. The Morgan fingerprint density at radius 2 is 2.06 bits per heavy atom. The van der Waals surface area contributed by atoms with Gasteiger partial charge in [0.05, 0.1) is 6.42 Å². The van der Waals surface area contributed by atoms with E-state index in [2.05, 4.69) is 11.2 Å². The maximum Gasteiger partial charge on any atom is 0.303 e. The molecule has 0 bridgehead atoms. The zero-order valence-electron chi connectivity index (χ0n) is 10.7. The lowest BCUT2D eigenvalue weighted by Crippen LogP contribution is -2.43. The van der Waals surface area contributed by atoms with Crippen LogP contribution < -0.4 is 5.32 Å². The average Bonchev–Trinajstić information content (AvgIpc) is 2.27. The predicted octanol–water partition coefficient (Wildman–Crippen LogP) is 1.94. The van der Waals surface area contributed by atoms with E-state index in [1.807, 2.05) is 0 Å². The molecule has 1 rings (SSSR count). The molecule has 0 aromatic rings. The molecular formula is C14H21NO3. The summed E-state index contributed by atoms with van der Waals surface area (Å²) in [4.78, 5) is 22.3. The lowest BCUT2D eigenvalue weighted by atomic mass is 9.66. The van der Waals surface area contributed by atoms with Gasteiger partial charge in [-0.1, -0.05) is 6.42 Å². The molecule has 0 spiro atoms. The zero-order chi connectivity index (χ0) is 13.4. The van der Waals surface area contributed by atoms with Gasteiger partial charge in [0.2, 0.25) is 5.91 Å². The monoisotopic (exact) mass is 251 g/mol. The molecule has 0 atom stereocenters. The first-order valence-corrected chi connectivity index (χ1v) is 6.50. The molecule has 2 N–H and O–H groups in total. The van der Waals surface area contributed by atoms with Crippen molar-refractivity contribution in [3.8, 4) is 12.3 Å². The van der Waals surface area contributed by atoms with Crippen LogP contribution in [0.15, 0.2) is 0 Å². The molecule has 0 unspecified atom stereocenters. The summed E-state index contributed by atoms with van der Waals surface area (Å²) in [6.45, 7) is 0.493. The number of hydrogen-bond donors (Lipinski definition) is 2. The fraction of sp³-hybridized carbons (Fsp3) is 0.714. The highest BCUT2D eigenvalue weighted by Crippen LogP contribution is 2.43. The van der Waals surface area contributed by atoms with Gasteiger partial charge in [0.1, 0.15) is 0 Å². The van der Waals surface area contributed by atoms with Crippen molar-refractivity contribution in [3.63, 3.8) is 0 Å². The molecule has 4 heteroatoms. The van der Waals surface area contributed by atoms with Crippen molar-refractivity contribution in [2.24, 2.45) is 5.41 Å². The molecular weight excluding hydrogens is 230 g/mol. The summed E-state index contributed by atoms with van der Waals surface area (Å²) in [5.74, 6) is 1.76. The van der Waals surface area contributed by atoms with Gasteiger partial charge in [0.15, 0.2) is 0 Å². The molecule has 0 aliphatic heterocycles. The Morgan fingerprint density at radius 1 is 1.33 bits per heavy atom. The minimum atomic E-state index is -0.780. The number of carbonyl (C=O) groups is 2. The van der Waals surface area contributed by atoms with Crippen molar-refractivity contribution < 1.29 is 14.7 Å². The number of unbranched alkanes of at least 4 members (excludes halogenated alkanes) is 2. The molecule has 1 fully saturated rings. The third kappa shape index (κ3) is 4.79. The largest absolute Gasteiger partial charge is 0.481 e. The molecule has 0 heterocycles. The van der Waals surface area contributed by atoms with Crippen molar-refractivity contribution >= 4 is 11.9 Å². The minimum Gasteiger partial charge on any atom is -0.481 e. The Bertz CT molecular complexity index is 339. The van der Waals surface area contributed by atoms with Gasteiger partial charge in [-0.2, -0.15) is 0 Å². The van der Waals surface area contributed by atoms with E-state index in [4.69, 9.17) is 11.5 Å². The second kappa shape index (κ2) is 7.05. The summed E-state index contributed by atoms with van der Waals surface area (Å²) >= 11 is 0. The van der Waals surface area contributed by atoms with Gasteiger partial charge >= 0.3 is 5.97 Å². The van der Waals surface area contributed by atoms with Crippen molar-refractivity contribution in [1.29, 1.82) is 0 Å². The molecule has 18 heavy (non-hydrogen) atoms. The SMILES string of the molecule is C#CCCCCC(=O)NCC1(CC(=O)O)CCC1. The average molecular weight is 251 g/mol. The third-order valence-electron chi connectivity index (χ3n) is 3.58. The molecule has 0 aromatic heterocycles. The molecule has 0 saturated heterocycles. The van der Waals surface area contributed by atoms with Crippen molar-refractivity contribution in [1.82, 2.24) is 5.32 Å². The minimum absolute atomic E-state index is 0.00341. The predicted molar refractivity (Wildman–Crippen MR) is 68.8 cm³/mol. The van der Waals surface area contributed by atoms with Gasteiger partial charge in [0.25, 0.3) is 0 Å². The maximum atomic E-state index is 11.6. The highest BCUT2D eigenvalue weighted by Gasteiger charge is 2.39. The van der Waals surface area contributed by atoms with Crippen molar-refractivity contribution in [2.45, 2.75) is 51.4 Å². The fourth-order valence-electron chi connectivity index (χ4n) is 2.30. The lowest BCUT2D eigenvalue weighted by molar-refractivity contribution is -0.141. The van der Waals surface area contributed by atoms with Crippen LogP contribution in [0, 0.1) is 17.8 Å². The van der Waals surface area contributed by atoms with E-state index in [1.54, 1.807) is 0 Å². The summed E-state index contributed by atoms with van der Waals surface area (Å²) in [6, 6.07) is 0. The standard InChI is InChI=1S/C14H21NO3/c1-2-3-4-5-7-12(16)15-11-14(8-6-9-14)10-13(17)18/h1H,3-11H2,(H,15,16)(H,17,18). The number of aliphatic carboxylic acids is 1. The number of carboxylic acids is 1. The number of carboxylic acid groups (broad SMARTS) is 1. The molecule has 0 aromatic carbocycles. The normalized spacial score (nSPS) is 16.4. The summed E-state index contributed by atoms with van der Waals surface area (Å²) in [5.41, 5.74) is -0.194. The topological polar surface area (TPSA) is 66.4 Å². The molecule has 1 aliphatic rings. The number of nitrogens with one attached hydrogen (secondary N) is 1. The Morgan fingerprint density at radius 3 is 2.56 bits per heavy atom. The van der Waals surface area contributed by atoms with Gasteiger partial charge in [0, 0.05) is 19.4 Å². The van der Waals surface area contributed by atoms with Crippen LogP contribution in [0.1, 0.15) is 51.4 Å². The molecule has 1 aliphatic carbocycles. The van der Waals surface area contributed by atoms with E-state index in [1.165, 1.54) is 0 Å². The van der Waals surface area contributed by atoms with Crippen molar-refractivity contribution in [3.05, 3.63) is 0 Å². The first-order valence-electron chi connectivity index (χ1n) is 6.50. The van der Waals surface area contributed by atoms with Gasteiger partial charge in [-0.3, -0.25) is 9.59 Å². The smallest absolute Gasteiger partial charge is 0.303 e. The fourth-order valence-corrected chi connectivity index (χ4v) is 2.30. The second-order valence-corrected chi connectivity index (χ2v) is 5.11. The van der Waals surface area contributed by atoms with E-state index in [9.17, 15) is 9.59 Å². The van der Waals surface area contributed by atoms with Crippen LogP contribution in [0.3, 0.4) is 0 Å². The van der Waals surface area contributed by atoms with E-state index in [-0.39, 0.29) is 17.7 Å². The van der Waals surface area contributed by atoms with Crippen LogP contribution in [0.5, 0.6) is 0 Å². The molecule has 0 radical (unpaired) electrons. The summed E-state index contributed by atoms with van der Waals surface area (Å²) in [6.07, 6.45) is 11.0. The maximum absolute atomic E-state index is 11.6. The third-order valence-corrected chi connectivity index (χ3v) is 3.58. The lowest BCUT2D eigenvalue weighted by Gasteiger charge is -2.40. The number of carbonyl (C=O) groups excluding carboxylic acids is 1. The highest BCUT2D eigenvalue weighted by molar-refractivity contribution is 5.76. The Balaban J connectivity index is 2.20. The van der Waals surface area contributed by atoms with Crippen molar-refractivity contribution in [2.75, 3.05) is 6.54 Å². The highest BCUT2D eigenvalue weighted by atomic mass is 16.4. The number of rotatable bonds is 8. The number of hydrogen-bond acceptors (Lipinski definition) is 2. The van der Waals surface area contributed by atoms with Gasteiger partial charge in [-0.05, 0) is 31.1 Å². The Labute approximate surface area is 108 Å². The molecule has 4 nitrogen and oxygen atoms in total. The van der Waals surface area contributed by atoms with Crippen LogP contribution in [-0.4, -0.2) is 23.5 Å². The first kappa shape index (κ1) is 14.6. The zero-order valence-corrected chi connectivity index (χ0v) is 10.7. The van der Waals surface area contributed by atoms with Crippen LogP contribution in [0.2, 0.25) is 0 Å². The van der Waals surface area contributed by atoms with Gasteiger partial charge < -0.3 is 10.4 Å². The summed E-state index contributed by atoms with van der Waals surface area (Å²) in [5, 5.41) is 11.7. The van der Waals surface area contributed by atoms with E-state index >= 15 is 0 Å². The van der Waals surface area contributed by atoms with Crippen LogP contribution in [0.4, 0.5) is 0 Å². The summed E-state index contributed by atoms with van der Waals surface area (Å²) < 4.78 is 0. The Hall–Kier alpha value is -1.50. The van der Waals surface area contributed by atoms with Gasteiger partial charge in [-0.15, -0.1) is 12.3 Å². The Kier molecular flexibility index (Phi) is 5.70. The van der Waals surface area contributed by atoms with Crippen LogP contribution >= 0.6 is 0 Å². The number of terminal acetylenes is 1. The van der Waals surface area contributed by atoms with Crippen LogP contribution in [0.25, 0.3) is 0 Å². The van der Waals surface area contributed by atoms with E-state index in [0.717, 1.165) is 32.1 Å². The van der Waals surface area contributed by atoms with Crippen LogP contribution in [-0.2, 0) is 9.59 Å². The quantitative estimate of drug-likeness (QED) is 0.512. The van der Waals surface area contributed by atoms with Gasteiger partial charge in [-0.25, -0.2) is 0 Å². The molecule has 1 amide bonds. The van der Waals surface area contributed by atoms with E-state index in [0.29, 0.717) is 19.4 Å². The second-order valence-electron chi connectivity index (χ2n) is 5.11. The number of amides is 1. The van der Waals surface area contributed by atoms with E-state index < -0.39 is 5.97 Å². The first-order chi connectivity index (χ1) is 8.58. The molecule has 100 valence electrons.